The highest BCUT2D eigenvalue weighted by Crippen LogP contribution is 2.50. The average molecular weight is 415 g/mol. The second-order valence-electron chi connectivity index (χ2n) is 7.65. The summed E-state index contributed by atoms with van der Waals surface area (Å²) in [5.74, 6) is -1.68. The van der Waals surface area contributed by atoms with Crippen LogP contribution in [-0.2, 0) is 19.1 Å². The monoisotopic (exact) mass is 415 g/mol. The summed E-state index contributed by atoms with van der Waals surface area (Å²) in [5.41, 5.74) is 6.55. The van der Waals surface area contributed by atoms with E-state index in [9.17, 15) is 9.59 Å². The molecule has 0 aliphatic heterocycles. The highest BCUT2D eigenvalue weighted by atomic mass is 16.5. The van der Waals surface area contributed by atoms with Crippen LogP contribution in [0.15, 0.2) is 72.8 Å². The molecule has 0 heterocycles. The van der Waals surface area contributed by atoms with Crippen LogP contribution in [0.5, 0.6) is 0 Å². The number of nitrogens with one attached hydrogen (secondary N) is 1. The molecule has 1 aliphatic carbocycles. The summed E-state index contributed by atoms with van der Waals surface area (Å²) in [6.07, 6.45) is 0. The topological polar surface area (TPSA) is 64.6 Å². The Labute approximate surface area is 182 Å². The van der Waals surface area contributed by atoms with Gasteiger partial charge in [0.05, 0.1) is 20.1 Å². The Morgan fingerprint density at radius 2 is 1.45 bits per heavy atom. The fourth-order valence-electron chi connectivity index (χ4n) is 4.38. The summed E-state index contributed by atoms with van der Waals surface area (Å²) in [6.45, 7) is 1.66. The summed E-state index contributed by atoms with van der Waals surface area (Å²) in [6, 6.07) is 23.8. The van der Waals surface area contributed by atoms with Crippen molar-refractivity contribution in [2.24, 2.45) is 5.92 Å². The first-order valence-electron chi connectivity index (χ1n) is 10.3. The van der Waals surface area contributed by atoms with Gasteiger partial charge in [0.15, 0.2) is 0 Å². The van der Waals surface area contributed by atoms with Crippen LogP contribution in [0.25, 0.3) is 11.1 Å². The van der Waals surface area contributed by atoms with E-state index >= 15 is 0 Å². The predicted octanol–water partition coefficient (Wildman–Crippen LogP) is 4.61. The summed E-state index contributed by atoms with van der Waals surface area (Å²) in [5, 5.41) is 3.30. The van der Waals surface area contributed by atoms with Crippen molar-refractivity contribution in [1.82, 2.24) is 0 Å². The molecule has 1 N–H and O–H groups in total. The number of benzene rings is 3. The van der Waals surface area contributed by atoms with Gasteiger partial charge in [-0.3, -0.25) is 4.79 Å². The van der Waals surface area contributed by atoms with Gasteiger partial charge in [-0.05, 0) is 40.8 Å². The van der Waals surface area contributed by atoms with Crippen LogP contribution in [0.3, 0.4) is 0 Å². The van der Waals surface area contributed by atoms with Crippen molar-refractivity contribution in [3.63, 3.8) is 0 Å². The van der Waals surface area contributed by atoms with Gasteiger partial charge in [0, 0.05) is 11.6 Å². The van der Waals surface area contributed by atoms with Crippen LogP contribution in [0, 0.1) is 5.92 Å². The quantitative estimate of drug-likeness (QED) is 0.466. The van der Waals surface area contributed by atoms with Crippen LogP contribution >= 0.6 is 0 Å². The SMILES string of the molecule is COC(=O)[C@@H](C)[C@H](Nc1cccc2c1[C@@H](c1ccccc1)c1ccccc1-2)C(=O)OC. The molecule has 0 saturated carbocycles. The standard InChI is InChI=1S/C26H25NO4/c1-16(25(28)30-2)24(26(29)31-3)27-21-15-9-14-20-18-12-7-8-13-19(18)22(23(20)21)17-10-5-4-6-11-17/h4-16,22,24,27H,1-3H3/t16-,22-,24-/m0/s1. The molecule has 0 saturated heterocycles. The fraction of sp³-hybridized carbons (Fsp3) is 0.231. The number of carbonyl (C=O) groups is 2. The van der Waals surface area contributed by atoms with Gasteiger partial charge in [0.25, 0.3) is 0 Å². The summed E-state index contributed by atoms with van der Waals surface area (Å²) in [7, 11) is 2.63. The number of ether oxygens (including phenoxy) is 2. The van der Waals surface area contributed by atoms with Crippen molar-refractivity contribution < 1.29 is 19.1 Å². The second kappa shape index (κ2) is 8.64. The minimum Gasteiger partial charge on any atom is -0.469 e. The van der Waals surface area contributed by atoms with E-state index in [-0.39, 0.29) is 5.92 Å². The second-order valence-corrected chi connectivity index (χ2v) is 7.65. The molecule has 31 heavy (non-hydrogen) atoms. The maximum Gasteiger partial charge on any atom is 0.329 e. The van der Waals surface area contributed by atoms with Gasteiger partial charge >= 0.3 is 11.9 Å². The number of methoxy groups -OCH3 is 2. The van der Waals surface area contributed by atoms with Gasteiger partial charge < -0.3 is 14.8 Å². The fourth-order valence-corrected chi connectivity index (χ4v) is 4.38. The van der Waals surface area contributed by atoms with Crippen LogP contribution in [0.4, 0.5) is 5.69 Å². The van der Waals surface area contributed by atoms with Crippen molar-refractivity contribution in [3.8, 4) is 11.1 Å². The van der Waals surface area contributed by atoms with E-state index in [4.69, 9.17) is 9.47 Å². The van der Waals surface area contributed by atoms with E-state index in [2.05, 4.69) is 35.6 Å². The minimum atomic E-state index is -0.871. The first-order valence-corrected chi connectivity index (χ1v) is 10.3. The minimum absolute atomic E-state index is 0.0165. The summed E-state index contributed by atoms with van der Waals surface area (Å²) >= 11 is 0. The number of esters is 2. The lowest BCUT2D eigenvalue weighted by Gasteiger charge is -2.25. The molecule has 0 bridgehead atoms. The van der Waals surface area contributed by atoms with Crippen LogP contribution in [0.1, 0.15) is 29.5 Å². The molecular weight excluding hydrogens is 390 g/mol. The Balaban J connectivity index is 1.84. The van der Waals surface area contributed by atoms with Crippen molar-refractivity contribution in [2.45, 2.75) is 18.9 Å². The van der Waals surface area contributed by atoms with E-state index in [1.165, 1.54) is 30.9 Å². The molecule has 0 radical (unpaired) electrons. The highest BCUT2D eigenvalue weighted by molar-refractivity contribution is 5.90. The molecular formula is C26H25NO4. The highest BCUT2D eigenvalue weighted by Gasteiger charge is 2.36. The molecule has 5 nitrogen and oxygen atoms in total. The lowest BCUT2D eigenvalue weighted by Crippen LogP contribution is -2.41. The zero-order valence-electron chi connectivity index (χ0n) is 17.8. The first-order chi connectivity index (χ1) is 15.1. The molecule has 3 aromatic carbocycles. The summed E-state index contributed by atoms with van der Waals surface area (Å²) in [4.78, 5) is 24.7. The summed E-state index contributed by atoms with van der Waals surface area (Å²) < 4.78 is 9.86. The average Bonchev–Trinajstić information content (AvgIpc) is 3.17. The maximum atomic E-state index is 12.6. The van der Waals surface area contributed by atoms with Gasteiger partial charge in [-0.1, -0.05) is 66.7 Å². The zero-order chi connectivity index (χ0) is 22.0. The number of hydrogen-bond acceptors (Lipinski definition) is 5. The molecule has 4 rings (SSSR count). The third-order valence-electron chi connectivity index (χ3n) is 5.93. The largest absolute Gasteiger partial charge is 0.469 e. The number of hydrogen-bond donors (Lipinski definition) is 1. The van der Waals surface area contributed by atoms with E-state index in [1.54, 1.807) is 6.92 Å². The van der Waals surface area contributed by atoms with E-state index in [1.807, 2.05) is 42.5 Å². The normalized spacial score (nSPS) is 15.9. The molecule has 0 spiro atoms. The third-order valence-corrected chi connectivity index (χ3v) is 5.93. The molecule has 5 heteroatoms. The van der Waals surface area contributed by atoms with E-state index in [0.29, 0.717) is 0 Å². The number of rotatable bonds is 6. The lowest BCUT2D eigenvalue weighted by molar-refractivity contribution is -0.152. The number of fused-ring (bicyclic) bond motifs is 3. The molecule has 158 valence electrons. The van der Waals surface area contributed by atoms with Crippen molar-refractivity contribution in [1.29, 1.82) is 0 Å². The Morgan fingerprint density at radius 1 is 0.806 bits per heavy atom. The van der Waals surface area contributed by atoms with Crippen molar-refractivity contribution >= 4 is 17.6 Å². The lowest BCUT2D eigenvalue weighted by atomic mass is 9.88. The molecule has 0 fully saturated rings. The third kappa shape index (κ3) is 3.67. The maximum absolute atomic E-state index is 12.6. The number of carbonyl (C=O) groups excluding carboxylic acids is 2. The predicted molar refractivity (Wildman–Crippen MR) is 120 cm³/mol. The molecule has 0 aromatic heterocycles. The molecule has 0 amide bonds. The molecule has 3 atom stereocenters. The molecule has 1 aliphatic rings. The Bertz CT molecular complexity index is 1110. The van der Waals surface area contributed by atoms with Crippen molar-refractivity contribution in [3.05, 3.63) is 89.5 Å². The van der Waals surface area contributed by atoms with Crippen LogP contribution < -0.4 is 5.32 Å². The smallest absolute Gasteiger partial charge is 0.329 e. The van der Waals surface area contributed by atoms with Gasteiger partial charge in [-0.25, -0.2) is 4.79 Å². The number of anilines is 1. The Kier molecular flexibility index (Phi) is 5.76. The Hall–Kier alpha value is -3.60. The van der Waals surface area contributed by atoms with Crippen LogP contribution in [-0.4, -0.2) is 32.2 Å². The first kappa shape index (κ1) is 20.7. The van der Waals surface area contributed by atoms with Gasteiger partial charge in [0.1, 0.15) is 6.04 Å². The Morgan fingerprint density at radius 3 is 2.16 bits per heavy atom. The molecule has 3 aromatic rings. The van der Waals surface area contributed by atoms with E-state index < -0.39 is 23.9 Å². The van der Waals surface area contributed by atoms with Gasteiger partial charge in [-0.2, -0.15) is 0 Å². The van der Waals surface area contributed by atoms with Crippen molar-refractivity contribution in [2.75, 3.05) is 19.5 Å². The zero-order valence-corrected chi connectivity index (χ0v) is 17.8. The van der Waals surface area contributed by atoms with Crippen LogP contribution in [0.2, 0.25) is 0 Å². The molecule has 0 unspecified atom stereocenters. The van der Waals surface area contributed by atoms with Gasteiger partial charge in [-0.15, -0.1) is 0 Å². The van der Waals surface area contributed by atoms with E-state index in [0.717, 1.165) is 16.8 Å². The van der Waals surface area contributed by atoms with Gasteiger partial charge in [0.2, 0.25) is 0 Å².